The lowest BCUT2D eigenvalue weighted by Crippen LogP contribution is -2.32. The molecule has 1 aromatic heterocycles. The van der Waals surface area contributed by atoms with Gasteiger partial charge in [0.1, 0.15) is 19.0 Å². The summed E-state index contributed by atoms with van der Waals surface area (Å²) >= 11 is 0. The van der Waals surface area contributed by atoms with E-state index in [0.717, 1.165) is 6.42 Å². The number of halogens is 4. The van der Waals surface area contributed by atoms with Crippen molar-refractivity contribution in [2.75, 3.05) is 6.61 Å². The van der Waals surface area contributed by atoms with Gasteiger partial charge in [0.25, 0.3) is 0 Å². The van der Waals surface area contributed by atoms with Crippen LogP contribution >= 0.6 is 0 Å². The summed E-state index contributed by atoms with van der Waals surface area (Å²) in [6.45, 7) is -1.91. The minimum absolute atomic E-state index is 0.00893. The number of ketones is 1. The minimum atomic E-state index is -4.21. The van der Waals surface area contributed by atoms with Gasteiger partial charge in [-0.1, -0.05) is 5.16 Å². The lowest BCUT2D eigenvalue weighted by atomic mass is 10.1. The fraction of sp³-hybridized carbons (Fsp3) is 0.727. The average Bonchev–Trinajstić information content (AvgIpc) is 2.97. The van der Waals surface area contributed by atoms with E-state index in [1.54, 1.807) is 0 Å². The second-order valence-electron chi connectivity index (χ2n) is 4.51. The van der Waals surface area contributed by atoms with Crippen molar-refractivity contribution in [3.05, 3.63) is 11.7 Å². The smallest absolute Gasteiger partial charge is 0.330 e. The Balaban J connectivity index is 1.86. The van der Waals surface area contributed by atoms with E-state index in [2.05, 4.69) is 14.9 Å². The molecule has 1 aliphatic carbocycles. The fourth-order valence-electron chi connectivity index (χ4n) is 1.89. The number of nitrogens with zero attached hydrogens (tertiary/aromatic N) is 2. The van der Waals surface area contributed by atoms with Gasteiger partial charge < -0.3 is 9.26 Å². The maximum Gasteiger partial charge on any atom is 0.330 e. The van der Waals surface area contributed by atoms with Crippen molar-refractivity contribution in [1.82, 2.24) is 10.1 Å². The van der Waals surface area contributed by atoms with Gasteiger partial charge in [-0.3, -0.25) is 4.79 Å². The Morgan fingerprint density at radius 3 is 2.80 bits per heavy atom. The van der Waals surface area contributed by atoms with Crippen molar-refractivity contribution >= 4 is 5.78 Å². The lowest BCUT2D eigenvalue weighted by molar-refractivity contribution is -0.168. The van der Waals surface area contributed by atoms with Crippen LogP contribution in [0.1, 0.15) is 36.9 Å². The molecule has 0 N–H and O–H groups in total. The molecule has 0 aliphatic heterocycles. The van der Waals surface area contributed by atoms with Crippen molar-refractivity contribution in [2.24, 2.45) is 0 Å². The molecule has 0 saturated heterocycles. The summed E-state index contributed by atoms with van der Waals surface area (Å²) in [5, 5.41) is 3.46. The summed E-state index contributed by atoms with van der Waals surface area (Å²) in [4.78, 5) is 15.3. The summed E-state index contributed by atoms with van der Waals surface area (Å²) in [5.74, 6) is -4.62. The van der Waals surface area contributed by atoms with Crippen LogP contribution in [-0.4, -0.2) is 34.9 Å². The number of carbonyl (C=O) groups excluding carboxylic acids is 1. The quantitative estimate of drug-likeness (QED) is 0.754. The van der Waals surface area contributed by atoms with Gasteiger partial charge in [0, 0.05) is 6.42 Å². The SMILES string of the molecule is O=C1CCCC1c1nc(COCC(F)(F)C(F)F)no1. The van der Waals surface area contributed by atoms with E-state index >= 15 is 0 Å². The summed E-state index contributed by atoms with van der Waals surface area (Å²) in [7, 11) is 0. The molecule has 5 nitrogen and oxygen atoms in total. The lowest BCUT2D eigenvalue weighted by Gasteiger charge is -2.14. The van der Waals surface area contributed by atoms with E-state index in [0.29, 0.717) is 12.8 Å². The Kier molecular flexibility index (Phi) is 4.36. The third kappa shape index (κ3) is 3.33. The molecular weight excluding hydrogens is 284 g/mol. The highest BCUT2D eigenvalue weighted by Gasteiger charge is 2.41. The van der Waals surface area contributed by atoms with Crippen molar-refractivity contribution in [1.29, 1.82) is 0 Å². The predicted molar refractivity (Wildman–Crippen MR) is 56.5 cm³/mol. The number of carbonyl (C=O) groups is 1. The number of rotatable bonds is 6. The van der Waals surface area contributed by atoms with Gasteiger partial charge in [-0.2, -0.15) is 13.8 Å². The molecule has 1 atom stereocenters. The van der Waals surface area contributed by atoms with Gasteiger partial charge in [0.05, 0.1) is 5.92 Å². The van der Waals surface area contributed by atoms with E-state index in [1.165, 1.54) is 0 Å². The van der Waals surface area contributed by atoms with Crippen LogP contribution in [0.25, 0.3) is 0 Å². The third-order valence-electron chi connectivity index (χ3n) is 2.93. The highest BCUT2D eigenvalue weighted by molar-refractivity contribution is 5.86. The van der Waals surface area contributed by atoms with E-state index in [4.69, 9.17) is 4.52 Å². The first-order valence-electron chi connectivity index (χ1n) is 5.99. The summed E-state index contributed by atoms with van der Waals surface area (Å²) in [6, 6.07) is 0. The zero-order chi connectivity index (χ0) is 14.8. The molecule has 0 aromatic carbocycles. The Morgan fingerprint density at radius 2 is 2.20 bits per heavy atom. The maximum absolute atomic E-state index is 12.6. The average molecular weight is 296 g/mol. The Labute approximate surface area is 111 Å². The van der Waals surface area contributed by atoms with Crippen LogP contribution in [0.3, 0.4) is 0 Å². The summed E-state index contributed by atoms with van der Waals surface area (Å²) < 4.78 is 58.2. The first-order valence-corrected chi connectivity index (χ1v) is 5.99. The normalized spacial score (nSPS) is 20.1. The molecule has 0 spiro atoms. The second kappa shape index (κ2) is 5.86. The first-order chi connectivity index (χ1) is 9.40. The third-order valence-corrected chi connectivity index (χ3v) is 2.93. The van der Waals surface area contributed by atoms with Crippen molar-refractivity contribution in [3.63, 3.8) is 0 Å². The van der Waals surface area contributed by atoms with Gasteiger partial charge in [0.2, 0.25) is 5.89 Å². The van der Waals surface area contributed by atoms with Gasteiger partial charge in [0.15, 0.2) is 5.82 Å². The van der Waals surface area contributed by atoms with Crippen LogP contribution in [0.2, 0.25) is 0 Å². The molecule has 20 heavy (non-hydrogen) atoms. The molecule has 9 heteroatoms. The maximum atomic E-state index is 12.6. The number of hydrogen-bond acceptors (Lipinski definition) is 5. The number of Topliss-reactive ketones (excluding diaryl/α,β-unsaturated/α-hetero) is 1. The molecule has 0 radical (unpaired) electrons. The second-order valence-corrected chi connectivity index (χ2v) is 4.51. The van der Waals surface area contributed by atoms with Gasteiger partial charge >= 0.3 is 12.3 Å². The summed E-state index contributed by atoms with van der Waals surface area (Å²) in [6.07, 6.45) is -2.01. The molecule has 1 aromatic rings. The standard InChI is InChI=1S/C11H12F4N2O3/c12-10(13)11(14,15)5-19-4-8-16-9(20-17-8)6-2-1-3-7(6)18/h6,10H,1-5H2. The topological polar surface area (TPSA) is 65.2 Å². The highest BCUT2D eigenvalue weighted by Crippen LogP contribution is 2.30. The van der Waals surface area contributed by atoms with Gasteiger partial charge in [-0.05, 0) is 12.8 Å². The van der Waals surface area contributed by atoms with E-state index in [1.807, 2.05) is 0 Å². The number of hydrogen-bond donors (Lipinski definition) is 0. The molecule has 112 valence electrons. The number of ether oxygens (including phenoxy) is 1. The van der Waals surface area contributed by atoms with Crippen molar-refractivity contribution in [3.8, 4) is 0 Å². The van der Waals surface area contributed by atoms with Crippen LogP contribution in [0, 0.1) is 0 Å². The predicted octanol–water partition coefficient (Wildman–Crippen LogP) is 2.32. The van der Waals surface area contributed by atoms with E-state index in [-0.39, 0.29) is 17.5 Å². The number of alkyl halides is 4. The highest BCUT2D eigenvalue weighted by atomic mass is 19.3. The molecule has 0 bridgehead atoms. The number of aromatic nitrogens is 2. The largest absolute Gasteiger partial charge is 0.367 e. The molecule has 1 aliphatic rings. The molecule has 1 fully saturated rings. The van der Waals surface area contributed by atoms with E-state index in [9.17, 15) is 22.4 Å². The van der Waals surface area contributed by atoms with Crippen LogP contribution in [-0.2, 0) is 16.1 Å². The molecule has 0 amide bonds. The van der Waals surface area contributed by atoms with Gasteiger partial charge in [-0.25, -0.2) is 8.78 Å². The molecular formula is C11H12F4N2O3. The van der Waals surface area contributed by atoms with Crippen LogP contribution in [0.5, 0.6) is 0 Å². The monoisotopic (exact) mass is 296 g/mol. The van der Waals surface area contributed by atoms with Crippen LogP contribution in [0.15, 0.2) is 4.52 Å². The summed E-state index contributed by atoms with van der Waals surface area (Å²) in [5.41, 5.74) is 0. The zero-order valence-electron chi connectivity index (χ0n) is 10.3. The molecule has 1 heterocycles. The van der Waals surface area contributed by atoms with Crippen LogP contribution < -0.4 is 0 Å². The zero-order valence-corrected chi connectivity index (χ0v) is 10.3. The van der Waals surface area contributed by atoms with Crippen LogP contribution in [0.4, 0.5) is 17.6 Å². The fourth-order valence-corrected chi connectivity index (χ4v) is 1.89. The van der Waals surface area contributed by atoms with Gasteiger partial charge in [-0.15, -0.1) is 0 Å². The van der Waals surface area contributed by atoms with Crippen molar-refractivity contribution in [2.45, 2.75) is 44.1 Å². The van der Waals surface area contributed by atoms with Crippen molar-refractivity contribution < 1.29 is 31.6 Å². The Hall–Kier alpha value is -1.51. The minimum Gasteiger partial charge on any atom is -0.367 e. The molecule has 2 rings (SSSR count). The molecule has 1 unspecified atom stereocenters. The Morgan fingerprint density at radius 1 is 1.45 bits per heavy atom. The molecule has 1 saturated carbocycles. The Bertz CT molecular complexity index is 478. The van der Waals surface area contributed by atoms with E-state index < -0.39 is 31.5 Å². The first kappa shape index (κ1) is 14.9.